The topological polar surface area (TPSA) is 100 Å². The molecule has 0 aromatic carbocycles. The zero-order chi connectivity index (χ0) is 18.1. The van der Waals surface area contributed by atoms with Gasteiger partial charge in [0.15, 0.2) is 0 Å². The zero-order valence-corrected chi connectivity index (χ0v) is 14.6. The van der Waals surface area contributed by atoms with Crippen LogP contribution in [0.25, 0.3) is 11.4 Å². The number of H-pyrrole nitrogens is 1. The Balaban J connectivity index is 1.56. The molecule has 8 nitrogen and oxygen atoms in total. The predicted octanol–water partition coefficient (Wildman–Crippen LogP) is -0.118. The summed E-state index contributed by atoms with van der Waals surface area (Å²) in [5.41, 5.74) is 1.43. The van der Waals surface area contributed by atoms with E-state index in [-0.39, 0.29) is 30.0 Å². The summed E-state index contributed by atoms with van der Waals surface area (Å²) < 4.78 is 5.70. The zero-order valence-electron chi connectivity index (χ0n) is 14.6. The molecule has 0 aliphatic carbocycles. The van der Waals surface area contributed by atoms with E-state index in [1.807, 2.05) is 11.0 Å². The molecule has 0 saturated carbocycles. The number of aryl methyl sites for hydroxylation is 1. The number of carbonyl (C=O) groups is 1. The number of nitrogens with zero attached hydrogens (tertiary/aromatic N) is 3. The van der Waals surface area contributed by atoms with Crippen LogP contribution in [-0.2, 0) is 16.0 Å². The van der Waals surface area contributed by atoms with E-state index in [1.54, 1.807) is 25.4 Å². The first kappa shape index (κ1) is 16.9. The summed E-state index contributed by atoms with van der Waals surface area (Å²) in [5, 5.41) is 3.26. The Morgan fingerprint density at radius 1 is 1.42 bits per heavy atom. The largest absolute Gasteiger partial charge is 0.373 e. The number of carbonyl (C=O) groups excluding carboxylic acids is 1. The molecule has 2 saturated heterocycles. The van der Waals surface area contributed by atoms with Gasteiger partial charge in [0.1, 0.15) is 5.82 Å². The Morgan fingerprint density at radius 2 is 2.31 bits per heavy atom. The minimum Gasteiger partial charge on any atom is -0.373 e. The highest BCUT2D eigenvalue weighted by Gasteiger charge is 2.38. The van der Waals surface area contributed by atoms with E-state index in [4.69, 9.17) is 4.74 Å². The predicted molar refractivity (Wildman–Crippen MR) is 94.6 cm³/mol. The van der Waals surface area contributed by atoms with Crippen LogP contribution in [0.3, 0.4) is 0 Å². The molecule has 0 unspecified atom stereocenters. The highest BCUT2D eigenvalue weighted by Crippen LogP contribution is 2.19. The standard InChI is InChI=1S/C18H21N5O3/c1-11-13(18(25)22-17(21-11)12-3-2-4-19-8-12)7-16(24)23-5-6-26-15-10-20-9-14(15)23/h2-4,8,14-15,20H,5-7,9-10H2,1H3,(H,21,22,25)/t14-,15+/m0/s1. The second-order valence-electron chi connectivity index (χ2n) is 6.62. The van der Waals surface area contributed by atoms with Gasteiger partial charge in [-0.05, 0) is 19.1 Å². The lowest BCUT2D eigenvalue weighted by atomic mass is 10.1. The fourth-order valence-electron chi connectivity index (χ4n) is 3.61. The number of pyridine rings is 1. The molecule has 4 rings (SSSR count). The summed E-state index contributed by atoms with van der Waals surface area (Å²) in [4.78, 5) is 38.5. The lowest BCUT2D eigenvalue weighted by Crippen LogP contribution is -2.53. The van der Waals surface area contributed by atoms with Crippen molar-refractivity contribution in [2.45, 2.75) is 25.5 Å². The first-order chi connectivity index (χ1) is 12.6. The average molecular weight is 355 g/mol. The smallest absolute Gasteiger partial charge is 0.255 e. The molecule has 8 heteroatoms. The molecule has 2 atom stereocenters. The first-order valence-corrected chi connectivity index (χ1v) is 8.75. The van der Waals surface area contributed by atoms with Crippen molar-refractivity contribution in [3.63, 3.8) is 0 Å². The Kier molecular flexibility index (Phi) is 4.52. The summed E-state index contributed by atoms with van der Waals surface area (Å²) >= 11 is 0. The lowest BCUT2D eigenvalue weighted by Gasteiger charge is -2.37. The average Bonchev–Trinajstić information content (AvgIpc) is 3.14. The van der Waals surface area contributed by atoms with E-state index in [2.05, 4.69) is 20.3 Å². The normalized spacial score (nSPS) is 22.3. The third-order valence-electron chi connectivity index (χ3n) is 5.00. The van der Waals surface area contributed by atoms with Crippen LogP contribution in [0.1, 0.15) is 11.3 Å². The fourth-order valence-corrected chi connectivity index (χ4v) is 3.61. The molecule has 4 heterocycles. The van der Waals surface area contributed by atoms with Gasteiger partial charge in [0.2, 0.25) is 5.91 Å². The molecule has 2 fully saturated rings. The van der Waals surface area contributed by atoms with Gasteiger partial charge in [-0.1, -0.05) is 0 Å². The van der Waals surface area contributed by atoms with Gasteiger partial charge in [-0.15, -0.1) is 0 Å². The van der Waals surface area contributed by atoms with E-state index in [1.165, 1.54) is 0 Å². The van der Waals surface area contributed by atoms with Gasteiger partial charge in [-0.3, -0.25) is 14.6 Å². The van der Waals surface area contributed by atoms with Crippen molar-refractivity contribution in [2.24, 2.45) is 0 Å². The lowest BCUT2D eigenvalue weighted by molar-refractivity contribution is -0.142. The molecule has 2 N–H and O–H groups in total. The van der Waals surface area contributed by atoms with Crippen molar-refractivity contribution in [3.8, 4) is 11.4 Å². The summed E-state index contributed by atoms with van der Waals surface area (Å²) in [7, 11) is 0. The number of ether oxygens (including phenoxy) is 1. The molecule has 2 aromatic rings. The fraction of sp³-hybridized carbons (Fsp3) is 0.444. The number of aromatic amines is 1. The van der Waals surface area contributed by atoms with Crippen LogP contribution in [0.4, 0.5) is 0 Å². The molecule has 2 aromatic heterocycles. The molecule has 0 bridgehead atoms. The molecule has 136 valence electrons. The van der Waals surface area contributed by atoms with Crippen LogP contribution in [-0.4, -0.2) is 64.1 Å². The maximum Gasteiger partial charge on any atom is 0.255 e. The molecular weight excluding hydrogens is 334 g/mol. The highest BCUT2D eigenvalue weighted by atomic mass is 16.5. The highest BCUT2D eigenvalue weighted by molar-refractivity contribution is 5.79. The third-order valence-corrected chi connectivity index (χ3v) is 5.00. The number of fused-ring (bicyclic) bond motifs is 1. The van der Waals surface area contributed by atoms with Crippen molar-refractivity contribution in [1.29, 1.82) is 0 Å². The Bertz CT molecular complexity index is 867. The van der Waals surface area contributed by atoms with E-state index < -0.39 is 0 Å². The molecule has 2 aliphatic heterocycles. The van der Waals surface area contributed by atoms with Crippen LogP contribution >= 0.6 is 0 Å². The van der Waals surface area contributed by atoms with Gasteiger partial charge in [-0.25, -0.2) is 4.98 Å². The monoisotopic (exact) mass is 355 g/mol. The minimum atomic E-state index is -0.279. The van der Waals surface area contributed by atoms with Gasteiger partial charge in [0.05, 0.1) is 25.2 Å². The molecule has 0 radical (unpaired) electrons. The summed E-state index contributed by atoms with van der Waals surface area (Å²) in [6.07, 6.45) is 3.39. The van der Waals surface area contributed by atoms with Crippen LogP contribution in [0.5, 0.6) is 0 Å². The quantitative estimate of drug-likeness (QED) is 0.796. The summed E-state index contributed by atoms with van der Waals surface area (Å²) in [6, 6.07) is 3.65. The first-order valence-electron chi connectivity index (χ1n) is 8.75. The number of amides is 1. The minimum absolute atomic E-state index is 0.0400. The third kappa shape index (κ3) is 3.13. The Morgan fingerprint density at radius 3 is 3.08 bits per heavy atom. The van der Waals surface area contributed by atoms with Crippen LogP contribution in [0.15, 0.2) is 29.3 Å². The van der Waals surface area contributed by atoms with E-state index >= 15 is 0 Å². The van der Waals surface area contributed by atoms with E-state index in [0.29, 0.717) is 30.2 Å². The summed E-state index contributed by atoms with van der Waals surface area (Å²) in [5.74, 6) is 0.403. The van der Waals surface area contributed by atoms with Crippen molar-refractivity contribution in [3.05, 3.63) is 46.1 Å². The van der Waals surface area contributed by atoms with Crippen LogP contribution in [0.2, 0.25) is 0 Å². The second-order valence-corrected chi connectivity index (χ2v) is 6.62. The Hall–Kier alpha value is -2.58. The van der Waals surface area contributed by atoms with E-state index in [9.17, 15) is 9.59 Å². The van der Waals surface area contributed by atoms with Gasteiger partial charge in [0, 0.05) is 48.8 Å². The number of morpholine rings is 1. The number of aromatic nitrogens is 3. The maximum atomic E-state index is 12.8. The van der Waals surface area contributed by atoms with Crippen molar-refractivity contribution in [2.75, 3.05) is 26.2 Å². The van der Waals surface area contributed by atoms with Crippen LogP contribution in [0, 0.1) is 6.92 Å². The molecular formula is C18H21N5O3. The Labute approximate surface area is 150 Å². The molecule has 26 heavy (non-hydrogen) atoms. The van der Waals surface area contributed by atoms with Crippen molar-refractivity contribution >= 4 is 5.91 Å². The number of hydrogen-bond acceptors (Lipinski definition) is 6. The second kappa shape index (κ2) is 6.97. The summed E-state index contributed by atoms with van der Waals surface area (Å²) in [6.45, 7) is 4.33. The van der Waals surface area contributed by atoms with E-state index in [0.717, 1.165) is 18.7 Å². The number of rotatable bonds is 3. The van der Waals surface area contributed by atoms with Gasteiger partial charge >= 0.3 is 0 Å². The maximum absolute atomic E-state index is 12.8. The van der Waals surface area contributed by atoms with Crippen molar-refractivity contribution in [1.82, 2.24) is 25.2 Å². The van der Waals surface area contributed by atoms with Crippen molar-refractivity contribution < 1.29 is 9.53 Å². The van der Waals surface area contributed by atoms with Gasteiger partial charge in [-0.2, -0.15) is 0 Å². The van der Waals surface area contributed by atoms with Gasteiger partial charge < -0.3 is 19.9 Å². The number of nitrogens with one attached hydrogen (secondary N) is 2. The SMILES string of the molecule is Cc1nc(-c2cccnc2)[nH]c(=O)c1CC(=O)N1CCO[C@@H]2CNC[C@@H]21. The van der Waals surface area contributed by atoms with Crippen LogP contribution < -0.4 is 10.9 Å². The number of hydrogen-bond donors (Lipinski definition) is 2. The molecule has 0 spiro atoms. The molecule has 2 aliphatic rings. The molecule has 1 amide bonds. The van der Waals surface area contributed by atoms with Gasteiger partial charge in [0.25, 0.3) is 5.56 Å².